The van der Waals surface area contributed by atoms with E-state index < -0.39 is 0 Å². The molecule has 1 unspecified atom stereocenters. The van der Waals surface area contributed by atoms with E-state index in [2.05, 4.69) is 5.32 Å². The van der Waals surface area contributed by atoms with Gasteiger partial charge in [0, 0.05) is 19.2 Å². The first-order chi connectivity index (χ1) is 6.40. The zero-order chi connectivity index (χ0) is 9.10. The molecule has 0 saturated carbocycles. The molecule has 1 aromatic rings. The van der Waals surface area contributed by atoms with Crippen molar-refractivity contribution in [3.05, 3.63) is 18.1 Å². The van der Waals surface area contributed by atoms with Gasteiger partial charge in [0.25, 0.3) is 0 Å². The van der Waals surface area contributed by atoms with Crippen LogP contribution in [0.25, 0.3) is 0 Å². The van der Waals surface area contributed by atoms with Crippen molar-refractivity contribution in [1.29, 1.82) is 0 Å². The summed E-state index contributed by atoms with van der Waals surface area (Å²) >= 11 is 0. The van der Waals surface area contributed by atoms with Crippen LogP contribution in [0.2, 0.25) is 0 Å². The molecular formula is C9H13NO3. The Hall–Kier alpha value is -1.00. The van der Waals surface area contributed by atoms with Gasteiger partial charge in [-0.05, 0) is 0 Å². The number of morpholine rings is 1. The molecule has 1 saturated heterocycles. The van der Waals surface area contributed by atoms with E-state index in [0.29, 0.717) is 0 Å². The summed E-state index contributed by atoms with van der Waals surface area (Å²) in [5.74, 6) is 1.56. The van der Waals surface area contributed by atoms with Crippen LogP contribution in [0.5, 0.6) is 5.75 Å². The molecule has 0 bridgehead atoms. The first kappa shape index (κ1) is 8.59. The van der Waals surface area contributed by atoms with Crippen LogP contribution in [0.4, 0.5) is 0 Å². The summed E-state index contributed by atoms with van der Waals surface area (Å²) in [7, 11) is 1.62. The predicted molar refractivity (Wildman–Crippen MR) is 46.8 cm³/mol. The molecule has 13 heavy (non-hydrogen) atoms. The summed E-state index contributed by atoms with van der Waals surface area (Å²) in [5.41, 5.74) is 0. The maximum Gasteiger partial charge on any atom is 0.157 e. The number of methoxy groups -OCH3 is 1. The molecule has 4 heteroatoms. The fourth-order valence-electron chi connectivity index (χ4n) is 1.36. The Morgan fingerprint density at radius 3 is 3.15 bits per heavy atom. The molecule has 72 valence electrons. The fraction of sp³-hybridized carbons (Fsp3) is 0.556. The van der Waals surface area contributed by atoms with E-state index in [4.69, 9.17) is 13.9 Å². The topological polar surface area (TPSA) is 43.6 Å². The summed E-state index contributed by atoms with van der Waals surface area (Å²) < 4.78 is 15.8. The second-order valence-electron chi connectivity index (χ2n) is 2.95. The smallest absolute Gasteiger partial charge is 0.157 e. The molecule has 0 aliphatic carbocycles. The summed E-state index contributed by atoms with van der Waals surface area (Å²) in [6, 6.07) is 1.86. The lowest BCUT2D eigenvalue weighted by Gasteiger charge is -2.21. The lowest BCUT2D eigenvalue weighted by Crippen LogP contribution is -2.33. The summed E-state index contributed by atoms with van der Waals surface area (Å²) in [4.78, 5) is 0. The first-order valence-electron chi connectivity index (χ1n) is 4.35. The molecule has 1 aromatic heterocycles. The maximum atomic E-state index is 5.51. The van der Waals surface area contributed by atoms with Crippen molar-refractivity contribution in [2.45, 2.75) is 6.10 Å². The number of ether oxygens (including phenoxy) is 2. The van der Waals surface area contributed by atoms with E-state index in [1.54, 1.807) is 13.4 Å². The molecule has 0 spiro atoms. The predicted octanol–water partition coefficient (Wildman–Crippen LogP) is 0.949. The van der Waals surface area contributed by atoms with Crippen molar-refractivity contribution in [3.8, 4) is 5.75 Å². The first-order valence-corrected chi connectivity index (χ1v) is 4.35. The maximum absolute atomic E-state index is 5.51. The standard InChI is InChI=1S/C9H13NO3/c1-11-7-4-8(13-6-7)9-5-10-2-3-12-9/h4,6,9-10H,2-3,5H2,1H3. The molecule has 0 radical (unpaired) electrons. The fourth-order valence-corrected chi connectivity index (χ4v) is 1.36. The zero-order valence-electron chi connectivity index (χ0n) is 7.58. The van der Waals surface area contributed by atoms with Crippen molar-refractivity contribution in [3.63, 3.8) is 0 Å². The van der Waals surface area contributed by atoms with Gasteiger partial charge < -0.3 is 19.2 Å². The molecule has 1 aliphatic heterocycles. The average molecular weight is 183 g/mol. The van der Waals surface area contributed by atoms with E-state index in [0.717, 1.165) is 31.2 Å². The van der Waals surface area contributed by atoms with Crippen LogP contribution in [0, 0.1) is 0 Å². The zero-order valence-corrected chi connectivity index (χ0v) is 7.58. The Labute approximate surface area is 76.8 Å². The molecule has 0 amide bonds. The van der Waals surface area contributed by atoms with Gasteiger partial charge in [0.15, 0.2) is 5.75 Å². The minimum atomic E-state index is 0.0256. The van der Waals surface area contributed by atoms with E-state index in [-0.39, 0.29) is 6.10 Å². The SMILES string of the molecule is COc1coc(C2CNCCO2)c1. The Bertz CT molecular complexity index is 266. The third kappa shape index (κ3) is 1.84. The highest BCUT2D eigenvalue weighted by atomic mass is 16.5. The van der Waals surface area contributed by atoms with Gasteiger partial charge in [0.1, 0.15) is 18.1 Å². The van der Waals surface area contributed by atoms with Gasteiger partial charge in [0.2, 0.25) is 0 Å². The molecule has 1 fully saturated rings. The Kier molecular flexibility index (Phi) is 2.52. The van der Waals surface area contributed by atoms with Crippen LogP contribution in [0.3, 0.4) is 0 Å². The molecule has 0 aromatic carbocycles. The Morgan fingerprint density at radius 2 is 2.54 bits per heavy atom. The third-order valence-corrected chi connectivity index (χ3v) is 2.08. The highest BCUT2D eigenvalue weighted by molar-refractivity contribution is 5.21. The molecule has 1 atom stereocenters. The lowest BCUT2D eigenvalue weighted by molar-refractivity contribution is 0.0143. The molecular weight excluding hydrogens is 170 g/mol. The molecule has 1 N–H and O–H groups in total. The van der Waals surface area contributed by atoms with Crippen LogP contribution in [0.1, 0.15) is 11.9 Å². The normalized spacial score (nSPS) is 23.0. The number of hydrogen-bond donors (Lipinski definition) is 1. The number of furan rings is 1. The largest absolute Gasteiger partial charge is 0.493 e. The van der Waals surface area contributed by atoms with Crippen LogP contribution < -0.4 is 10.1 Å². The van der Waals surface area contributed by atoms with Gasteiger partial charge in [-0.25, -0.2) is 0 Å². The second-order valence-corrected chi connectivity index (χ2v) is 2.95. The molecule has 4 nitrogen and oxygen atoms in total. The average Bonchev–Trinajstić information content (AvgIpc) is 2.67. The van der Waals surface area contributed by atoms with Gasteiger partial charge in [-0.3, -0.25) is 0 Å². The summed E-state index contributed by atoms with van der Waals surface area (Å²) in [6.45, 7) is 2.44. The summed E-state index contributed by atoms with van der Waals surface area (Å²) in [5, 5.41) is 3.23. The van der Waals surface area contributed by atoms with E-state index >= 15 is 0 Å². The highest BCUT2D eigenvalue weighted by Crippen LogP contribution is 2.24. The molecule has 2 rings (SSSR count). The monoisotopic (exact) mass is 183 g/mol. The third-order valence-electron chi connectivity index (χ3n) is 2.08. The number of hydrogen-bond acceptors (Lipinski definition) is 4. The quantitative estimate of drug-likeness (QED) is 0.741. The van der Waals surface area contributed by atoms with Gasteiger partial charge in [0.05, 0.1) is 13.7 Å². The lowest BCUT2D eigenvalue weighted by atomic mass is 10.2. The van der Waals surface area contributed by atoms with Gasteiger partial charge >= 0.3 is 0 Å². The molecule has 1 aliphatic rings. The second kappa shape index (κ2) is 3.81. The Balaban J connectivity index is 2.05. The van der Waals surface area contributed by atoms with Crippen LogP contribution in [-0.4, -0.2) is 26.8 Å². The van der Waals surface area contributed by atoms with E-state index in [9.17, 15) is 0 Å². The minimum absolute atomic E-state index is 0.0256. The summed E-state index contributed by atoms with van der Waals surface area (Å²) in [6.07, 6.45) is 1.62. The van der Waals surface area contributed by atoms with Crippen molar-refractivity contribution in [1.82, 2.24) is 5.32 Å². The van der Waals surface area contributed by atoms with Crippen molar-refractivity contribution in [2.24, 2.45) is 0 Å². The van der Waals surface area contributed by atoms with Crippen LogP contribution >= 0.6 is 0 Å². The van der Waals surface area contributed by atoms with Crippen molar-refractivity contribution >= 4 is 0 Å². The minimum Gasteiger partial charge on any atom is -0.493 e. The Morgan fingerprint density at radius 1 is 1.62 bits per heavy atom. The highest BCUT2D eigenvalue weighted by Gasteiger charge is 2.19. The molecule has 2 heterocycles. The van der Waals surface area contributed by atoms with Gasteiger partial charge in [-0.15, -0.1) is 0 Å². The van der Waals surface area contributed by atoms with Gasteiger partial charge in [-0.1, -0.05) is 0 Å². The van der Waals surface area contributed by atoms with Gasteiger partial charge in [-0.2, -0.15) is 0 Å². The van der Waals surface area contributed by atoms with E-state index in [1.165, 1.54) is 0 Å². The number of rotatable bonds is 2. The van der Waals surface area contributed by atoms with Crippen LogP contribution in [0.15, 0.2) is 16.7 Å². The van der Waals surface area contributed by atoms with Crippen molar-refractivity contribution in [2.75, 3.05) is 26.8 Å². The number of nitrogens with one attached hydrogen (secondary N) is 1. The van der Waals surface area contributed by atoms with E-state index in [1.807, 2.05) is 6.07 Å². The van der Waals surface area contributed by atoms with Crippen LogP contribution in [-0.2, 0) is 4.74 Å². The van der Waals surface area contributed by atoms with Crippen molar-refractivity contribution < 1.29 is 13.9 Å².